The summed E-state index contributed by atoms with van der Waals surface area (Å²) in [5.41, 5.74) is 3.88. The van der Waals surface area contributed by atoms with Crippen molar-refractivity contribution < 1.29 is 9.59 Å². The molecule has 1 aliphatic carbocycles. The second-order valence-electron chi connectivity index (χ2n) is 9.10. The van der Waals surface area contributed by atoms with E-state index in [9.17, 15) is 9.59 Å². The van der Waals surface area contributed by atoms with E-state index >= 15 is 0 Å². The van der Waals surface area contributed by atoms with E-state index in [1.54, 1.807) is 0 Å². The number of piperazine rings is 1. The fourth-order valence-corrected chi connectivity index (χ4v) is 4.59. The van der Waals surface area contributed by atoms with Crippen LogP contribution in [-0.4, -0.2) is 48.9 Å². The zero-order valence-electron chi connectivity index (χ0n) is 18.5. The number of carbonyl (C=O) groups excluding carboxylic acids is 2. The topological polar surface area (TPSA) is 52.6 Å². The summed E-state index contributed by atoms with van der Waals surface area (Å²) < 4.78 is 0. The molecular formula is C24H37N3O2. The van der Waals surface area contributed by atoms with Crippen molar-refractivity contribution in [2.75, 3.05) is 31.1 Å². The fourth-order valence-electron chi connectivity index (χ4n) is 4.59. The van der Waals surface area contributed by atoms with Gasteiger partial charge in [0.15, 0.2) is 0 Å². The van der Waals surface area contributed by atoms with Gasteiger partial charge in [-0.2, -0.15) is 0 Å². The third-order valence-corrected chi connectivity index (χ3v) is 6.71. The van der Waals surface area contributed by atoms with E-state index in [-0.39, 0.29) is 23.7 Å². The van der Waals surface area contributed by atoms with Crippen molar-refractivity contribution in [3.63, 3.8) is 0 Å². The summed E-state index contributed by atoms with van der Waals surface area (Å²) >= 11 is 0. The van der Waals surface area contributed by atoms with Crippen LogP contribution in [0.25, 0.3) is 0 Å². The Labute approximate surface area is 175 Å². The Morgan fingerprint density at radius 2 is 1.66 bits per heavy atom. The molecule has 1 aliphatic heterocycles. The van der Waals surface area contributed by atoms with Crippen LogP contribution in [0.1, 0.15) is 57.1 Å². The number of anilines is 1. The molecule has 1 aromatic rings. The normalized spacial score (nSPS) is 19.3. The first-order valence-corrected chi connectivity index (χ1v) is 11.3. The SMILES string of the molecule is Cc1cccc(N2CCN(C(=O)C(NC(=O)C3CCCCC3)C(C)C)CC2)c1C. The van der Waals surface area contributed by atoms with E-state index in [1.807, 2.05) is 18.7 Å². The molecule has 1 saturated carbocycles. The van der Waals surface area contributed by atoms with Crippen LogP contribution in [0.5, 0.6) is 0 Å². The van der Waals surface area contributed by atoms with Crippen LogP contribution in [0.15, 0.2) is 18.2 Å². The number of rotatable bonds is 5. The fraction of sp³-hybridized carbons (Fsp3) is 0.667. The first-order valence-electron chi connectivity index (χ1n) is 11.3. The highest BCUT2D eigenvalue weighted by atomic mass is 16.2. The van der Waals surface area contributed by atoms with Crippen LogP contribution in [0.3, 0.4) is 0 Å². The van der Waals surface area contributed by atoms with Gasteiger partial charge in [0.25, 0.3) is 0 Å². The Morgan fingerprint density at radius 1 is 1.00 bits per heavy atom. The number of aryl methyl sites for hydroxylation is 1. The minimum Gasteiger partial charge on any atom is -0.368 e. The third-order valence-electron chi connectivity index (χ3n) is 6.71. The van der Waals surface area contributed by atoms with Gasteiger partial charge in [-0.25, -0.2) is 0 Å². The molecule has 2 amide bonds. The van der Waals surface area contributed by atoms with Gasteiger partial charge in [0.1, 0.15) is 6.04 Å². The summed E-state index contributed by atoms with van der Waals surface area (Å²) in [6.07, 6.45) is 5.39. The molecule has 0 aromatic heterocycles. The molecule has 5 heteroatoms. The van der Waals surface area contributed by atoms with Gasteiger partial charge in [-0.1, -0.05) is 45.2 Å². The van der Waals surface area contributed by atoms with E-state index < -0.39 is 6.04 Å². The highest BCUT2D eigenvalue weighted by Crippen LogP contribution is 2.25. The molecule has 0 bridgehead atoms. The molecule has 2 fully saturated rings. The molecule has 2 aliphatic rings. The van der Waals surface area contributed by atoms with Gasteiger partial charge in [0.2, 0.25) is 11.8 Å². The summed E-state index contributed by atoms with van der Waals surface area (Å²) in [6, 6.07) is 5.99. The van der Waals surface area contributed by atoms with Gasteiger partial charge < -0.3 is 15.1 Å². The van der Waals surface area contributed by atoms with Gasteiger partial charge in [-0.05, 0) is 49.8 Å². The molecule has 5 nitrogen and oxygen atoms in total. The Hall–Kier alpha value is -2.04. The van der Waals surface area contributed by atoms with Gasteiger partial charge >= 0.3 is 0 Å². The summed E-state index contributed by atoms with van der Waals surface area (Å²) in [4.78, 5) is 30.2. The Morgan fingerprint density at radius 3 is 2.28 bits per heavy atom. The standard InChI is InChI=1S/C24H37N3O2/c1-17(2)22(25-23(28)20-10-6-5-7-11-20)24(29)27-15-13-26(14-16-27)21-12-8-9-18(3)19(21)4/h8-9,12,17,20,22H,5-7,10-11,13-16H2,1-4H3,(H,25,28). The lowest BCUT2D eigenvalue weighted by atomic mass is 9.88. The molecule has 0 radical (unpaired) electrons. The second-order valence-corrected chi connectivity index (χ2v) is 9.10. The van der Waals surface area contributed by atoms with Crippen molar-refractivity contribution >= 4 is 17.5 Å². The minimum atomic E-state index is -0.420. The Bertz CT molecular complexity index is 717. The third kappa shape index (κ3) is 5.12. The molecule has 0 spiro atoms. The number of amides is 2. The largest absolute Gasteiger partial charge is 0.368 e. The maximum Gasteiger partial charge on any atom is 0.245 e. The molecular weight excluding hydrogens is 362 g/mol. The van der Waals surface area contributed by atoms with Crippen LogP contribution in [0.2, 0.25) is 0 Å². The predicted octanol–water partition coefficient (Wildman–Crippen LogP) is 3.67. The molecule has 1 aromatic carbocycles. The van der Waals surface area contributed by atoms with Crippen LogP contribution < -0.4 is 10.2 Å². The zero-order chi connectivity index (χ0) is 21.0. The molecule has 1 atom stereocenters. The monoisotopic (exact) mass is 399 g/mol. The highest BCUT2D eigenvalue weighted by Gasteiger charge is 2.33. The number of carbonyl (C=O) groups is 2. The van der Waals surface area contributed by atoms with Crippen molar-refractivity contribution in [3.05, 3.63) is 29.3 Å². The summed E-state index contributed by atoms with van der Waals surface area (Å²) in [5, 5.41) is 3.10. The minimum absolute atomic E-state index is 0.0739. The van der Waals surface area contributed by atoms with E-state index in [0.29, 0.717) is 13.1 Å². The molecule has 1 heterocycles. The second kappa shape index (κ2) is 9.64. The van der Waals surface area contributed by atoms with Crippen LogP contribution >= 0.6 is 0 Å². The lowest BCUT2D eigenvalue weighted by Crippen LogP contribution is -2.57. The smallest absolute Gasteiger partial charge is 0.245 e. The zero-order valence-corrected chi connectivity index (χ0v) is 18.5. The van der Waals surface area contributed by atoms with Gasteiger partial charge in [0.05, 0.1) is 0 Å². The van der Waals surface area contributed by atoms with Gasteiger partial charge in [-0.15, -0.1) is 0 Å². The summed E-state index contributed by atoms with van der Waals surface area (Å²) in [6.45, 7) is 11.4. The van der Waals surface area contributed by atoms with Crippen LogP contribution in [0, 0.1) is 25.7 Å². The highest BCUT2D eigenvalue weighted by molar-refractivity contribution is 5.89. The number of nitrogens with one attached hydrogen (secondary N) is 1. The van der Waals surface area contributed by atoms with Crippen molar-refractivity contribution in [3.8, 4) is 0 Å². The number of nitrogens with zero attached hydrogens (tertiary/aromatic N) is 2. The van der Waals surface area contributed by atoms with Crippen molar-refractivity contribution in [1.82, 2.24) is 10.2 Å². The maximum atomic E-state index is 13.2. The summed E-state index contributed by atoms with van der Waals surface area (Å²) in [7, 11) is 0. The average Bonchev–Trinajstić information content (AvgIpc) is 2.74. The van der Waals surface area contributed by atoms with E-state index in [1.165, 1.54) is 23.2 Å². The molecule has 3 rings (SSSR count). The average molecular weight is 400 g/mol. The first kappa shape index (κ1) is 21.7. The molecule has 29 heavy (non-hydrogen) atoms. The Kier molecular flexibility index (Phi) is 7.20. The van der Waals surface area contributed by atoms with Crippen LogP contribution in [-0.2, 0) is 9.59 Å². The summed E-state index contributed by atoms with van der Waals surface area (Å²) in [5.74, 6) is 0.321. The van der Waals surface area contributed by atoms with Crippen molar-refractivity contribution in [2.45, 2.75) is 65.8 Å². The lowest BCUT2D eigenvalue weighted by molar-refractivity contribution is -0.139. The Balaban J connectivity index is 1.59. The molecule has 1 unspecified atom stereocenters. The van der Waals surface area contributed by atoms with E-state index in [0.717, 1.165) is 38.8 Å². The van der Waals surface area contributed by atoms with E-state index in [2.05, 4.69) is 42.3 Å². The first-order chi connectivity index (χ1) is 13.9. The van der Waals surface area contributed by atoms with Crippen molar-refractivity contribution in [1.29, 1.82) is 0 Å². The number of benzene rings is 1. The molecule has 1 saturated heterocycles. The quantitative estimate of drug-likeness (QED) is 0.822. The van der Waals surface area contributed by atoms with Crippen LogP contribution in [0.4, 0.5) is 5.69 Å². The lowest BCUT2D eigenvalue weighted by Gasteiger charge is -2.39. The molecule has 1 N–H and O–H groups in total. The number of hydrogen-bond donors (Lipinski definition) is 1. The predicted molar refractivity (Wildman–Crippen MR) is 118 cm³/mol. The number of hydrogen-bond acceptors (Lipinski definition) is 3. The maximum absolute atomic E-state index is 13.2. The van der Waals surface area contributed by atoms with E-state index in [4.69, 9.17) is 0 Å². The molecule has 160 valence electrons. The van der Waals surface area contributed by atoms with Crippen molar-refractivity contribution in [2.24, 2.45) is 11.8 Å². The van der Waals surface area contributed by atoms with Gasteiger partial charge in [-0.3, -0.25) is 9.59 Å². The van der Waals surface area contributed by atoms with Gasteiger partial charge in [0, 0.05) is 37.8 Å².